The first-order valence-corrected chi connectivity index (χ1v) is 10.3. The van der Waals surface area contributed by atoms with Gasteiger partial charge >= 0.3 is 0 Å². The lowest BCUT2D eigenvalue weighted by Gasteiger charge is -2.33. The Kier molecular flexibility index (Phi) is 5.05. The van der Waals surface area contributed by atoms with Crippen LogP contribution in [0.3, 0.4) is 0 Å². The number of fused-ring (bicyclic) bond motifs is 1. The van der Waals surface area contributed by atoms with Crippen LogP contribution >= 0.6 is 0 Å². The summed E-state index contributed by atoms with van der Waals surface area (Å²) in [5, 5.41) is 16.3. The number of hydrogen-bond donors (Lipinski definition) is 1. The average Bonchev–Trinajstić information content (AvgIpc) is 2.87. The molecule has 1 saturated heterocycles. The first-order valence-electron chi connectivity index (χ1n) is 8.46. The van der Waals surface area contributed by atoms with Gasteiger partial charge in [-0.3, -0.25) is 0 Å². The molecule has 0 aliphatic carbocycles. The van der Waals surface area contributed by atoms with Gasteiger partial charge in [-0.25, -0.2) is 26.7 Å². The minimum Gasteiger partial charge on any atom is -0.347 e. The highest BCUT2D eigenvalue weighted by Crippen LogP contribution is 2.27. The molecule has 0 aromatic carbocycles. The lowest BCUT2D eigenvalue weighted by molar-refractivity contribution is 0.186. The van der Waals surface area contributed by atoms with Crippen molar-refractivity contribution < 1.29 is 17.2 Å². The predicted octanol–water partition coefficient (Wildman–Crippen LogP) is 1.65. The summed E-state index contributed by atoms with van der Waals surface area (Å²) in [4.78, 5) is 4.02. The number of nitrogens with one attached hydrogen (secondary N) is 1. The molecule has 0 amide bonds. The fourth-order valence-corrected chi connectivity index (χ4v) is 4.09. The predicted molar refractivity (Wildman–Crippen MR) is 95.1 cm³/mol. The van der Waals surface area contributed by atoms with E-state index in [0.717, 1.165) is 10.6 Å². The minimum absolute atomic E-state index is 0.0736. The summed E-state index contributed by atoms with van der Waals surface area (Å²) >= 11 is 0. The molecule has 8 nitrogen and oxygen atoms in total. The molecule has 1 aliphatic heterocycles. The van der Waals surface area contributed by atoms with E-state index in [1.807, 2.05) is 19.9 Å². The van der Waals surface area contributed by atoms with Crippen molar-refractivity contribution in [1.82, 2.24) is 18.9 Å². The lowest BCUT2D eigenvalue weighted by Crippen LogP contribution is -2.49. The molecule has 0 radical (unpaired) electrons. The third-order valence-corrected chi connectivity index (χ3v) is 5.88. The Bertz CT molecular complexity index is 1010. The molecule has 0 unspecified atom stereocenters. The van der Waals surface area contributed by atoms with E-state index in [9.17, 15) is 22.5 Å². The molecule has 0 bridgehead atoms. The molecule has 2 aromatic rings. The van der Waals surface area contributed by atoms with E-state index in [2.05, 4.69) is 15.4 Å². The molecule has 2 atom stereocenters. The standard InChI is InChI=1S/C16H20F2N6O2S/c1-9(2)15-10(6-19)14(18)13-7-20-16(22-24(13)15)21-12-4-5-23(8-11(12)17)27(3,25)26/h7,9,11-12H,4-5,8H2,1-3H3,(H,21,22)/t11-,12+/m0/s1. The number of nitriles is 1. The molecule has 11 heteroatoms. The summed E-state index contributed by atoms with van der Waals surface area (Å²) in [5.41, 5.74) is 0.407. The monoisotopic (exact) mass is 398 g/mol. The van der Waals surface area contributed by atoms with Crippen molar-refractivity contribution in [3.05, 3.63) is 23.3 Å². The molecule has 27 heavy (non-hydrogen) atoms. The SMILES string of the molecule is CC(C)c1c(C#N)c(F)c2cnc(N[C@@H]3CCN(S(C)(=O)=O)C[C@@H]3F)nn12. The molecule has 3 heterocycles. The summed E-state index contributed by atoms with van der Waals surface area (Å²) in [7, 11) is -3.45. The number of alkyl halides is 1. The summed E-state index contributed by atoms with van der Waals surface area (Å²) in [6, 6.07) is 1.19. The number of halogens is 2. The van der Waals surface area contributed by atoms with Gasteiger partial charge in [-0.2, -0.15) is 9.57 Å². The molecule has 0 saturated carbocycles. The van der Waals surface area contributed by atoms with Gasteiger partial charge in [0.1, 0.15) is 23.3 Å². The van der Waals surface area contributed by atoms with Crippen LogP contribution in [0.4, 0.5) is 14.7 Å². The van der Waals surface area contributed by atoms with Crippen LogP contribution < -0.4 is 5.32 Å². The van der Waals surface area contributed by atoms with Crippen LogP contribution in [0.15, 0.2) is 6.20 Å². The minimum atomic E-state index is -3.45. The summed E-state index contributed by atoms with van der Waals surface area (Å²) in [6.45, 7) is 3.57. The molecule has 1 aliphatic rings. The number of sulfonamides is 1. The highest BCUT2D eigenvalue weighted by molar-refractivity contribution is 7.88. The van der Waals surface area contributed by atoms with Gasteiger partial charge in [-0.05, 0) is 12.3 Å². The van der Waals surface area contributed by atoms with E-state index in [1.54, 1.807) is 0 Å². The van der Waals surface area contributed by atoms with Gasteiger partial charge in [0.25, 0.3) is 0 Å². The third kappa shape index (κ3) is 3.59. The number of rotatable bonds is 4. The van der Waals surface area contributed by atoms with Gasteiger partial charge in [0.15, 0.2) is 5.82 Å². The van der Waals surface area contributed by atoms with Gasteiger partial charge in [-0.1, -0.05) is 13.8 Å². The van der Waals surface area contributed by atoms with Gasteiger partial charge in [0.2, 0.25) is 16.0 Å². The Morgan fingerprint density at radius 1 is 1.44 bits per heavy atom. The van der Waals surface area contributed by atoms with Gasteiger partial charge < -0.3 is 5.32 Å². The van der Waals surface area contributed by atoms with Crippen LogP contribution in [-0.2, 0) is 10.0 Å². The Labute approximate surface area is 155 Å². The molecule has 1 fully saturated rings. The smallest absolute Gasteiger partial charge is 0.241 e. The van der Waals surface area contributed by atoms with E-state index in [4.69, 9.17) is 0 Å². The van der Waals surface area contributed by atoms with E-state index in [-0.39, 0.29) is 42.5 Å². The maximum Gasteiger partial charge on any atom is 0.241 e. The first kappa shape index (κ1) is 19.4. The second-order valence-electron chi connectivity index (χ2n) is 6.90. The van der Waals surface area contributed by atoms with Crippen LogP contribution in [0.5, 0.6) is 0 Å². The molecular weight excluding hydrogens is 378 g/mol. The third-order valence-electron chi connectivity index (χ3n) is 4.61. The van der Waals surface area contributed by atoms with Crippen molar-refractivity contribution in [3.8, 4) is 6.07 Å². The van der Waals surface area contributed by atoms with Crippen LogP contribution in [0.25, 0.3) is 5.52 Å². The Balaban J connectivity index is 1.89. The maximum atomic E-state index is 14.4. The van der Waals surface area contributed by atoms with Crippen LogP contribution in [0.2, 0.25) is 0 Å². The topological polar surface area (TPSA) is 103 Å². The van der Waals surface area contributed by atoms with Crippen molar-refractivity contribution in [1.29, 1.82) is 5.26 Å². The largest absolute Gasteiger partial charge is 0.347 e. The first-order chi connectivity index (χ1) is 12.6. The van der Waals surface area contributed by atoms with Crippen molar-refractivity contribution >= 4 is 21.5 Å². The van der Waals surface area contributed by atoms with Gasteiger partial charge in [0, 0.05) is 13.1 Å². The van der Waals surface area contributed by atoms with Crippen molar-refractivity contribution in [2.24, 2.45) is 0 Å². The number of hydrogen-bond acceptors (Lipinski definition) is 6. The van der Waals surface area contributed by atoms with E-state index in [1.165, 1.54) is 10.7 Å². The quantitative estimate of drug-likeness (QED) is 0.840. The van der Waals surface area contributed by atoms with Gasteiger partial charge in [0.05, 0.1) is 24.2 Å². The highest BCUT2D eigenvalue weighted by Gasteiger charge is 2.33. The average molecular weight is 398 g/mol. The van der Waals surface area contributed by atoms with Crippen molar-refractivity contribution in [2.75, 3.05) is 24.7 Å². The molecule has 146 valence electrons. The molecular formula is C16H20F2N6O2S. The molecule has 2 aromatic heterocycles. The summed E-state index contributed by atoms with van der Waals surface area (Å²) in [5.74, 6) is -0.756. The van der Waals surface area contributed by atoms with E-state index in [0.29, 0.717) is 5.69 Å². The van der Waals surface area contributed by atoms with Crippen LogP contribution in [0, 0.1) is 17.1 Å². The summed E-state index contributed by atoms with van der Waals surface area (Å²) in [6.07, 6.45) is 1.10. The van der Waals surface area contributed by atoms with E-state index >= 15 is 0 Å². The zero-order valence-corrected chi connectivity index (χ0v) is 16.0. The summed E-state index contributed by atoms with van der Waals surface area (Å²) < 4.78 is 54.3. The lowest BCUT2D eigenvalue weighted by atomic mass is 10.1. The zero-order valence-electron chi connectivity index (χ0n) is 15.1. The highest BCUT2D eigenvalue weighted by atomic mass is 32.2. The Morgan fingerprint density at radius 3 is 2.70 bits per heavy atom. The molecule has 0 spiro atoms. The number of nitrogens with zero attached hydrogens (tertiary/aromatic N) is 5. The van der Waals surface area contributed by atoms with Crippen LogP contribution in [0.1, 0.15) is 37.4 Å². The van der Waals surface area contributed by atoms with Crippen molar-refractivity contribution in [3.63, 3.8) is 0 Å². The molecule has 1 N–H and O–H groups in total. The number of piperidine rings is 1. The van der Waals surface area contributed by atoms with Crippen LogP contribution in [-0.4, -0.2) is 58.9 Å². The van der Waals surface area contributed by atoms with Crippen molar-refractivity contribution in [2.45, 2.75) is 38.4 Å². The normalized spacial score (nSPS) is 21.5. The zero-order chi connectivity index (χ0) is 19.9. The molecule has 3 rings (SSSR count). The number of anilines is 1. The fourth-order valence-electron chi connectivity index (χ4n) is 3.24. The van der Waals surface area contributed by atoms with Gasteiger partial charge in [-0.15, -0.1) is 5.10 Å². The second kappa shape index (κ2) is 7.01. The van der Waals surface area contributed by atoms with E-state index < -0.39 is 28.1 Å². The Hall–Kier alpha value is -2.32. The fraction of sp³-hybridized carbons (Fsp3) is 0.562. The number of aromatic nitrogens is 3. The Morgan fingerprint density at radius 2 is 2.15 bits per heavy atom. The maximum absolute atomic E-state index is 14.4. The second-order valence-corrected chi connectivity index (χ2v) is 8.88.